The molecular formula is C11H15NO4. The van der Waals surface area contributed by atoms with Crippen molar-refractivity contribution in [1.82, 2.24) is 5.32 Å². The van der Waals surface area contributed by atoms with E-state index in [1.165, 1.54) is 19.1 Å². The number of carboxylic acid groups (broad SMARTS) is 1. The van der Waals surface area contributed by atoms with Gasteiger partial charge in [0.15, 0.2) is 0 Å². The molecule has 2 atom stereocenters. The summed E-state index contributed by atoms with van der Waals surface area (Å²) in [5.41, 5.74) is 0.547. The van der Waals surface area contributed by atoms with Crippen LogP contribution < -0.4 is 5.32 Å². The third-order valence-electron chi connectivity index (χ3n) is 2.35. The molecule has 0 spiro atoms. The summed E-state index contributed by atoms with van der Waals surface area (Å²) < 4.78 is 0. The van der Waals surface area contributed by atoms with Crippen molar-refractivity contribution in [2.75, 3.05) is 0 Å². The molecule has 0 aliphatic heterocycles. The zero-order valence-electron chi connectivity index (χ0n) is 9.14. The zero-order chi connectivity index (χ0) is 12.3. The summed E-state index contributed by atoms with van der Waals surface area (Å²) in [6, 6.07) is 3.20. The minimum absolute atomic E-state index is 0.0280. The lowest BCUT2D eigenvalue weighted by atomic mass is 10.1. The van der Waals surface area contributed by atoms with Crippen LogP contribution in [0.1, 0.15) is 25.5 Å². The lowest BCUT2D eigenvalue weighted by Gasteiger charge is -2.18. The largest absolute Gasteiger partial charge is 0.508 e. The molecule has 5 heteroatoms. The Kier molecular flexibility index (Phi) is 3.73. The Labute approximate surface area is 93.4 Å². The number of rotatable bonds is 4. The highest BCUT2D eigenvalue weighted by atomic mass is 16.4. The number of phenolic OH excluding ortho intramolecular Hbond substituents is 2. The third-order valence-corrected chi connectivity index (χ3v) is 2.35. The molecule has 4 N–H and O–H groups in total. The van der Waals surface area contributed by atoms with Gasteiger partial charge in [0.05, 0.1) is 0 Å². The number of phenols is 2. The van der Waals surface area contributed by atoms with Gasteiger partial charge in [0, 0.05) is 17.7 Å². The summed E-state index contributed by atoms with van der Waals surface area (Å²) in [5.74, 6) is -1.04. The van der Waals surface area contributed by atoms with Crippen molar-refractivity contribution in [3.63, 3.8) is 0 Å². The smallest absolute Gasteiger partial charge is 0.320 e. The van der Waals surface area contributed by atoms with E-state index in [-0.39, 0.29) is 17.5 Å². The van der Waals surface area contributed by atoms with Gasteiger partial charge in [-0.25, -0.2) is 0 Å². The average molecular weight is 225 g/mol. The molecule has 16 heavy (non-hydrogen) atoms. The van der Waals surface area contributed by atoms with E-state index >= 15 is 0 Å². The zero-order valence-corrected chi connectivity index (χ0v) is 9.14. The molecule has 0 bridgehead atoms. The SMILES string of the molecule is CC(NC(C)c1ccc(O)cc1O)C(=O)O. The van der Waals surface area contributed by atoms with Gasteiger partial charge < -0.3 is 15.3 Å². The predicted octanol–water partition coefficient (Wildman–Crippen LogP) is 1.22. The minimum Gasteiger partial charge on any atom is -0.508 e. The maximum Gasteiger partial charge on any atom is 0.320 e. The third kappa shape index (κ3) is 2.87. The van der Waals surface area contributed by atoms with Crippen LogP contribution in [-0.2, 0) is 4.79 Å². The maximum atomic E-state index is 10.6. The van der Waals surface area contributed by atoms with Crippen molar-refractivity contribution in [3.05, 3.63) is 23.8 Å². The van der Waals surface area contributed by atoms with Gasteiger partial charge >= 0.3 is 5.97 Å². The van der Waals surface area contributed by atoms with Crippen LogP contribution in [0.25, 0.3) is 0 Å². The second-order valence-corrected chi connectivity index (χ2v) is 3.69. The molecule has 1 rings (SSSR count). The lowest BCUT2D eigenvalue weighted by molar-refractivity contribution is -0.139. The Bertz CT molecular complexity index is 392. The fraction of sp³-hybridized carbons (Fsp3) is 0.364. The number of carboxylic acids is 1. The number of hydrogen-bond acceptors (Lipinski definition) is 4. The van der Waals surface area contributed by atoms with Gasteiger partial charge in [0.2, 0.25) is 0 Å². The van der Waals surface area contributed by atoms with Crippen LogP contribution in [-0.4, -0.2) is 27.3 Å². The van der Waals surface area contributed by atoms with Gasteiger partial charge in [-0.15, -0.1) is 0 Å². The van der Waals surface area contributed by atoms with E-state index in [0.29, 0.717) is 5.56 Å². The van der Waals surface area contributed by atoms with E-state index in [1.807, 2.05) is 0 Å². The normalized spacial score (nSPS) is 14.4. The van der Waals surface area contributed by atoms with Crippen LogP contribution in [0.5, 0.6) is 11.5 Å². The van der Waals surface area contributed by atoms with Crippen LogP contribution in [0.4, 0.5) is 0 Å². The van der Waals surface area contributed by atoms with E-state index in [2.05, 4.69) is 5.32 Å². The Morgan fingerprint density at radius 1 is 1.31 bits per heavy atom. The van der Waals surface area contributed by atoms with Crippen LogP contribution in [0.15, 0.2) is 18.2 Å². The standard InChI is InChI=1S/C11H15NO4/c1-6(12-7(2)11(15)16)9-4-3-8(13)5-10(9)14/h3-7,12-14H,1-2H3,(H,15,16). The van der Waals surface area contributed by atoms with Crippen LogP contribution in [0, 0.1) is 0 Å². The molecule has 88 valence electrons. The number of hydrogen-bond donors (Lipinski definition) is 4. The molecule has 0 saturated carbocycles. The van der Waals surface area contributed by atoms with Crippen molar-refractivity contribution in [1.29, 1.82) is 0 Å². The number of benzene rings is 1. The number of aliphatic carboxylic acids is 1. The van der Waals surface area contributed by atoms with Gasteiger partial charge in [-0.2, -0.15) is 0 Å². The molecule has 0 radical (unpaired) electrons. The number of aromatic hydroxyl groups is 2. The molecular weight excluding hydrogens is 210 g/mol. The summed E-state index contributed by atoms with van der Waals surface area (Å²) in [6.45, 7) is 3.27. The van der Waals surface area contributed by atoms with Crippen LogP contribution in [0.2, 0.25) is 0 Å². The highest BCUT2D eigenvalue weighted by molar-refractivity contribution is 5.72. The molecule has 0 aliphatic rings. The van der Waals surface area contributed by atoms with Gasteiger partial charge in [0.25, 0.3) is 0 Å². The Balaban J connectivity index is 2.80. The summed E-state index contributed by atoms with van der Waals surface area (Å²) in [4.78, 5) is 10.6. The van der Waals surface area contributed by atoms with Crippen LogP contribution >= 0.6 is 0 Å². The van der Waals surface area contributed by atoms with Crippen molar-refractivity contribution in [3.8, 4) is 11.5 Å². The van der Waals surface area contributed by atoms with Crippen molar-refractivity contribution < 1.29 is 20.1 Å². The summed E-state index contributed by atoms with van der Waals surface area (Å²) in [5, 5.41) is 30.2. The first-order chi connectivity index (χ1) is 7.41. The molecule has 1 aromatic carbocycles. The summed E-state index contributed by atoms with van der Waals surface area (Å²) in [6.07, 6.45) is 0. The molecule has 0 saturated heterocycles. The first-order valence-electron chi connectivity index (χ1n) is 4.92. The molecule has 0 aliphatic carbocycles. The highest BCUT2D eigenvalue weighted by Crippen LogP contribution is 2.27. The maximum absolute atomic E-state index is 10.6. The predicted molar refractivity (Wildman–Crippen MR) is 58.4 cm³/mol. The molecule has 1 aromatic rings. The topological polar surface area (TPSA) is 89.8 Å². The number of carbonyl (C=O) groups is 1. The van der Waals surface area contributed by atoms with Gasteiger partial charge in [-0.05, 0) is 19.9 Å². The lowest BCUT2D eigenvalue weighted by Crippen LogP contribution is -2.35. The fourth-order valence-electron chi connectivity index (χ4n) is 1.43. The van der Waals surface area contributed by atoms with Gasteiger partial charge in [0.1, 0.15) is 17.5 Å². The second-order valence-electron chi connectivity index (χ2n) is 3.69. The van der Waals surface area contributed by atoms with E-state index < -0.39 is 12.0 Å². The van der Waals surface area contributed by atoms with Crippen molar-refractivity contribution in [2.45, 2.75) is 25.9 Å². The Morgan fingerprint density at radius 2 is 1.94 bits per heavy atom. The molecule has 0 heterocycles. The second kappa shape index (κ2) is 4.85. The van der Waals surface area contributed by atoms with E-state index in [1.54, 1.807) is 13.0 Å². The summed E-state index contributed by atoms with van der Waals surface area (Å²) >= 11 is 0. The van der Waals surface area contributed by atoms with Crippen molar-refractivity contribution >= 4 is 5.97 Å². The first kappa shape index (κ1) is 12.3. The Hall–Kier alpha value is -1.75. The van der Waals surface area contributed by atoms with E-state index in [4.69, 9.17) is 10.2 Å². The molecule has 0 aromatic heterocycles. The van der Waals surface area contributed by atoms with Crippen LogP contribution in [0.3, 0.4) is 0 Å². The summed E-state index contributed by atoms with van der Waals surface area (Å²) in [7, 11) is 0. The average Bonchev–Trinajstić information content (AvgIpc) is 2.16. The minimum atomic E-state index is -0.954. The monoisotopic (exact) mass is 225 g/mol. The molecule has 2 unspecified atom stereocenters. The quantitative estimate of drug-likeness (QED) is 0.618. The van der Waals surface area contributed by atoms with E-state index in [0.717, 1.165) is 0 Å². The molecule has 5 nitrogen and oxygen atoms in total. The van der Waals surface area contributed by atoms with E-state index in [9.17, 15) is 9.90 Å². The van der Waals surface area contributed by atoms with Crippen molar-refractivity contribution in [2.24, 2.45) is 0 Å². The Morgan fingerprint density at radius 3 is 2.44 bits per heavy atom. The highest BCUT2D eigenvalue weighted by Gasteiger charge is 2.17. The molecule has 0 fully saturated rings. The molecule has 0 amide bonds. The number of nitrogens with one attached hydrogen (secondary N) is 1. The fourth-order valence-corrected chi connectivity index (χ4v) is 1.43. The van der Waals surface area contributed by atoms with Gasteiger partial charge in [-0.3, -0.25) is 10.1 Å². The van der Waals surface area contributed by atoms with Gasteiger partial charge in [-0.1, -0.05) is 6.07 Å². The first-order valence-corrected chi connectivity index (χ1v) is 4.92.